The van der Waals surface area contributed by atoms with E-state index in [0.29, 0.717) is 18.3 Å². The number of ether oxygens (including phenoxy) is 2. The average molecular weight is 336 g/mol. The average Bonchev–Trinajstić information content (AvgIpc) is 2.70. The van der Waals surface area contributed by atoms with Gasteiger partial charge in [0.2, 0.25) is 0 Å². The zero-order chi connectivity index (χ0) is 17.9. The van der Waals surface area contributed by atoms with Gasteiger partial charge in [-0.15, -0.1) is 0 Å². The molecule has 5 rings (SSSR count). The highest BCUT2D eigenvalue weighted by atomic mass is 16.6. The van der Waals surface area contributed by atoms with Gasteiger partial charge >= 0.3 is 11.9 Å². The predicted molar refractivity (Wildman–Crippen MR) is 85.8 cm³/mol. The minimum absolute atomic E-state index is 0.00250. The van der Waals surface area contributed by atoms with Crippen LogP contribution < -0.4 is 0 Å². The van der Waals surface area contributed by atoms with Crippen molar-refractivity contribution in [1.29, 1.82) is 0 Å². The summed E-state index contributed by atoms with van der Waals surface area (Å²) in [6.45, 7) is 11.5. The summed E-state index contributed by atoms with van der Waals surface area (Å²) in [7, 11) is 0. The first-order chi connectivity index (χ1) is 10.9. The molecule has 5 aliphatic rings. The molecule has 0 aromatic rings. The lowest BCUT2D eigenvalue weighted by molar-refractivity contribution is -0.237. The monoisotopic (exact) mass is 336 g/mol. The second-order valence-electron chi connectivity index (χ2n) is 9.56. The summed E-state index contributed by atoms with van der Waals surface area (Å²) < 4.78 is 11.5. The number of hydrogen-bond acceptors (Lipinski definition) is 5. The topological polar surface area (TPSA) is 72.8 Å². The molecule has 0 amide bonds. The van der Waals surface area contributed by atoms with E-state index in [-0.39, 0.29) is 34.3 Å². The molecule has 0 heterocycles. The summed E-state index contributed by atoms with van der Waals surface area (Å²) in [5.41, 5.74) is -0.809. The van der Waals surface area contributed by atoms with Crippen molar-refractivity contribution in [3.05, 3.63) is 0 Å². The van der Waals surface area contributed by atoms with Crippen LogP contribution in [-0.2, 0) is 19.1 Å². The van der Waals surface area contributed by atoms with Crippen molar-refractivity contribution in [3.8, 4) is 0 Å². The Labute approximate surface area is 143 Å². The van der Waals surface area contributed by atoms with Crippen LogP contribution in [0.3, 0.4) is 0 Å². The fraction of sp³-hybridized carbons (Fsp3) is 0.895. The van der Waals surface area contributed by atoms with Gasteiger partial charge in [0, 0.05) is 30.1 Å². The first-order valence-electron chi connectivity index (χ1n) is 8.97. The van der Waals surface area contributed by atoms with E-state index in [2.05, 4.69) is 27.7 Å². The molecular formula is C19H28O5. The smallest absolute Gasteiger partial charge is 0.303 e. The SMILES string of the molecule is CC(=O)O[C@@H]1[C@]2(C)[C@@H]3C[C@]14C(C)(C)[C@@H](OC(C)=O)[C@@H](O)C[C@]4(C)[C@@H]32. The number of carbonyl (C=O) groups is 2. The van der Waals surface area contributed by atoms with Crippen molar-refractivity contribution in [2.75, 3.05) is 0 Å². The van der Waals surface area contributed by atoms with Crippen LogP contribution in [0.15, 0.2) is 0 Å². The third kappa shape index (κ3) is 1.40. The van der Waals surface area contributed by atoms with Crippen molar-refractivity contribution < 1.29 is 24.2 Å². The van der Waals surface area contributed by atoms with E-state index < -0.39 is 17.6 Å². The second-order valence-corrected chi connectivity index (χ2v) is 9.56. The number of rotatable bonds is 2. The lowest BCUT2D eigenvalue weighted by atomic mass is 9.46. The van der Waals surface area contributed by atoms with Gasteiger partial charge in [-0.3, -0.25) is 9.59 Å². The molecule has 0 aromatic heterocycles. The van der Waals surface area contributed by atoms with E-state index >= 15 is 0 Å². The lowest BCUT2D eigenvalue weighted by Gasteiger charge is -2.60. The molecule has 5 heteroatoms. The molecule has 8 atom stereocenters. The van der Waals surface area contributed by atoms with Crippen LogP contribution in [0.1, 0.15) is 54.4 Å². The number of aliphatic hydroxyl groups excluding tert-OH is 1. The van der Waals surface area contributed by atoms with Crippen molar-refractivity contribution >= 4 is 11.9 Å². The zero-order valence-corrected chi connectivity index (χ0v) is 15.4. The van der Waals surface area contributed by atoms with Gasteiger partial charge in [0.05, 0.1) is 6.10 Å². The van der Waals surface area contributed by atoms with Crippen LogP contribution in [0.5, 0.6) is 0 Å². The van der Waals surface area contributed by atoms with E-state index in [4.69, 9.17) is 9.47 Å². The van der Waals surface area contributed by atoms with Gasteiger partial charge in [0.15, 0.2) is 0 Å². The van der Waals surface area contributed by atoms with Crippen molar-refractivity contribution in [3.63, 3.8) is 0 Å². The van der Waals surface area contributed by atoms with Crippen LogP contribution >= 0.6 is 0 Å². The van der Waals surface area contributed by atoms with Gasteiger partial charge in [0.1, 0.15) is 12.2 Å². The van der Waals surface area contributed by atoms with E-state index in [1.165, 1.54) is 13.8 Å². The highest BCUT2D eigenvalue weighted by Gasteiger charge is 2.95. The van der Waals surface area contributed by atoms with E-state index in [0.717, 1.165) is 6.42 Å². The summed E-state index contributed by atoms with van der Waals surface area (Å²) in [5, 5.41) is 10.8. The highest BCUT2D eigenvalue weighted by molar-refractivity contribution is 5.67. The quantitative estimate of drug-likeness (QED) is 0.783. The summed E-state index contributed by atoms with van der Waals surface area (Å²) in [6.07, 6.45) is 0.175. The maximum atomic E-state index is 11.8. The third-order valence-corrected chi connectivity index (χ3v) is 8.44. The number of aliphatic hydroxyl groups is 1. The van der Waals surface area contributed by atoms with Crippen molar-refractivity contribution in [2.24, 2.45) is 33.5 Å². The molecule has 0 aromatic carbocycles. The normalized spacial score (nSPS) is 55.7. The number of hydrogen-bond donors (Lipinski definition) is 1. The van der Waals surface area contributed by atoms with Gasteiger partial charge < -0.3 is 14.6 Å². The van der Waals surface area contributed by atoms with Crippen LogP contribution in [0, 0.1) is 33.5 Å². The van der Waals surface area contributed by atoms with Crippen LogP contribution in [-0.4, -0.2) is 35.4 Å². The standard InChI is InChI=1S/C19H28O5/c1-9(20)23-14-12(22)8-17(5)13-11-7-19(17,16(14,3)4)15(18(11,13)6)24-10(2)21/h11-15,22H,7-8H2,1-6H3/t11-,12+,13-,14+,15-,17-,18-,19-/m1/s1. The molecule has 5 fully saturated rings. The summed E-state index contributed by atoms with van der Waals surface area (Å²) >= 11 is 0. The Morgan fingerprint density at radius 1 is 1.00 bits per heavy atom. The van der Waals surface area contributed by atoms with Gasteiger partial charge in [-0.1, -0.05) is 27.7 Å². The first kappa shape index (κ1) is 16.4. The maximum Gasteiger partial charge on any atom is 0.303 e. The van der Waals surface area contributed by atoms with Crippen molar-refractivity contribution in [1.82, 2.24) is 0 Å². The summed E-state index contributed by atoms with van der Waals surface area (Å²) in [4.78, 5) is 23.5. The Balaban J connectivity index is 1.85. The molecule has 1 N–H and O–H groups in total. The third-order valence-electron chi connectivity index (χ3n) is 8.44. The Morgan fingerprint density at radius 3 is 2.12 bits per heavy atom. The molecule has 5 saturated carbocycles. The molecule has 5 nitrogen and oxygen atoms in total. The summed E-state index contributed by atoms with van der Waals surface area (Å²) in [6, 6.07) is 0. The van der Waals surface area contributed by atoms with Gasteiger partial charge in [-0.25, -0.2) is 0 Å². The van der Waals surface area contributed by atoms with Gasteiger partial charge in [-0.2, -0.15) is 0 Å². The van der Waals surface area contributed by atoms with Gasteiger partial charge in [-0.05, 0) is 30.1 Å². The predicted octanol–water partition coefficient (Wildman–Crippen LogP) is 2.30. The van der Waals surface area contributed by atoms with E-state index in [1.54, 1.807) is 0 Å². The molecule has 134 valence electrons. The summed E-state index contributed by atoms with van der Waals surface area (Å²) in [5.74, 6) is 0.389. The fourth-order valence-electron chi connectivity index (χ4n) is 7.97. The molecule has 0 radical (unpaired) electrons. The van der Waals surface area contributed by atoms with E-state index in [1.807, 2.05) is 0 Å². The molecule has 5 aliphatic carbocycles. The molecule has 24 heavy (non-hydrogen) atoms. The second kappa shape index (κ2) is 4.17. The first-order valence-corrected chi connectivity index (χ1v) is 8.97. The molecule has 0 saturated heterocycles. The lowest BCUT2D eigenvalue weighted by Crippen LogP contribution is -2.65. The van der Waals surface area contributed by atoms with Crippen molar-refractivity contribution in [2.45, 2.75) is 72.7 Å². The molecular weight excluding hydrogens is 308 g/mol. The minimum atomic E-state index is -0.679. The molecule has 0 aliphatic heterocycles. The Morgan fingerprint density at radius 2 is 1.58 bits per heavy atom. The fourth-order valence-corrected chi connectivity index (χ4v) is 7.97. The molecule has 0 unspecified atom stereocenters. The van der Waals surface area contributed by atoms with Crippen LogP contribution in [0.4, 0.5) is 0 Å². The van der Waals surface area contributed by atoms with Gasteiger partial charge in [0.25, 0.3) is 0 Å². The van der Waals surface area contributed by atoms with Crippen LogP contribution in [0.25, 0.3) is 0 Å². The maximum absolute atomic E-state index is 11.8. The van der Waals surface area contributed by atoms with Crippen LogP contribution in [0.2, 0.25) is 0 Å². The zero-order valence-electron chi connectivity index (χ0n) is 15.4. The Hall–Kier alpha value is -1.10. The molecule has 4 bridgehead atoms. The minimum Gasteiger partial charge on any atom is -0.461 e. The number of esters is 2. The largest absolute Gasteiger partial charge is 0.461 e. The van der Waals surface area contributed by atoms with E-state index in [9.17, 15) is 14.7 Å². The Kier molecular flexibility index (Phi) is 2.84. The highest BCUT2D eigenvalue weighted by Crippen LogP contribution is 2.94. The number of carbonyl (C=O) groups excluding carboxylic acids is 2. The molecule has 1 spiro atoms. The Bertz CT molecular complexity index is 642.